The van der Waals surface area contributed by atoms with Crippen molar-refractivity contribution in [3.8, 4) is 5.69 Å². The first kappa shape index (κ1) is 23.7. The number of carbonyl (C=O) groups excluding carboxylic acids is 1. The average molecular weight is 556 g/mol. The fraction of sp³-hybridized carbons (Fsp3) is 0.143. The Morgan fingerprint density at radius 3 is 2.52 bits per heavy atom. The van der Waals surface area contributed by atoms with Crippen LogP contribution in [-0.4, -0.2) is 25.5 Å². The highest BCUT2D eigenvalue weighted by molar-refractivity contribution is 9.10. The van der Waals surface area contributed by atoms with Gasteiger partial charge in [0.2, 0.25) is 0 Å². The molecule has 0 saturated heterocycles. The standard InChI is InChI=1S/C21H17BrF2N3O4PS/c1-11-9-12(2)27(26-11)16-6-4-3-5-15(16)25-20(28)13-7-8-17-14(10-13)18(22)19(33-17)21(23,24)32(29,30)31/h3-10H,1-2H3,(H,25,28)(H2,29,30,31). The zero-order valence-electron chi connectivity index (χ0n) is 17.2. The van der Waals surface area contributed by atoms with Gasteiger partial charge in [0.25, 0.3) is 5.91 Å². The maximum absolute atomic E-state index is 14.3. The second-order valence-corrected chi connectivity index (χ2v) is 10.8. The first-order chi connectivity index (χ1) is 15.4. The van der Waals surface area contributed by atoms with E-state index in [-0.39, 0.29) is 15.4 Å². The van der Waals surface area contributed by atoms with Crippen LogP contribution < -0.4 is 5.32 Å². The summed E-state index contributed by atoms with van der Waals surface area (Å²) in [5.41, 5.74) is -1.28. The fourth-order valence-corrected chi connectivity index (χ4v) is 6.29. The van der Waals surface area contributed by atoms with Crippen LogP contribution in [-0.2, 0) is 10.2 Å². The number of rotatable bonds is 5. The van der Waals surface area contributed by atoms with Gasteiger partial charge in [0, 0.05) is 25.8 Å². The van der Waals surface area contributed by atoms with Gasteiger partial charge >= 0.3 is 13.3 Å². The van der Waals surface area contributed by atoms with Crippen LogP contribution in [0.15, 0.2) is 53.0 Å². The number of hydrogen-bond acceptors (Lipinski definition) is 4. The van der Waals surface area contributed by atoms with E-state index in [4.69, 9.17) is 9.79 Å². The third kappa shape index (κ3) is 4.27. The van der Waals surface area contributed by atoms with Gasteiger partial charge in [0.1, 0.15) is 4.88 Å². The third-order valence-electron chi connectivity index (χ3n) is 4.92. The summed E-state index contributed by atoms with van der Waals surface area (Å²) in [7, 11) is -5.73. The van der Waals surface area contributed by atoms with Gasteiger partial charge in [-0.1, -0.05) is 12.1 Å². The van der Waals surface area contributed by atoms with E-state index < -0.39 is 24.0 Å². The van der Waals surface area contributed by atoms with Crippen molar-refractivity contribution in [2.24, 2.45) is 0 Å². The minimum atomic E-state index is -5.73. The summed E-state index contributed by atoms with van der Waals surface area (Å²) in [6.07, 6.45) is 0. The van der Waals surface area contributed by atoms with Crippen LogP contribution in [0.1, 0.15) is 26.6 Å². The van der Waals surface area contributed by atoms with E-state index in [9.17, 15) is 18.1 Å². The molecule has 4 aromatic rings. The molecule has 0 atom stereocenters. The number of hydrogen-bond donors (Lipinski definition) is 3. The highest BCUT2D eigenvalue weighted by atomic mass is 79.9. The topological polar surface area (TPSA) is 104 Å². The number of carbonyl (C=O) groups is 1. The SMILES string of the molecule is Cc1cc(C)n(-c2ccccc2NC(=O)c2ccc3sc(C(F)(F)P(=O)(O)O)c(Br)c3c2)n1. The molecule has 4 rings (SSSR count). The molecule has 0 bridgehead atoms. The molecular weight excluding hydrogens is 539 g/mol. The van der Waals surface area contributed by atoms with Gasteiger partial charge in [-0.2, -0.15) is 13.9 Å². The zero-order chi connectivity index (χ0) is 24.1. The first-order valence-electron chi connectivity index (χ1n) is 9.50. The summed E-state index contributed by atoms with van der Waals surface area (Å²) < 4.78 is 41.8. The molecule has 2 aromatic carbocycles. The summed E-state index contributed by atoms with van der Waals surface area (Å²) in [5, 5.41) is 7.52. The monoisotopic (exact) mass is 555 g/mol. The molecule has 33 heavy (non-hydrogen) atoms. The number of fused-ring (bicyclic) bond motifs is 1. The fourth-order valence-electron chi connectivity index (χ4n) is 3.37. The van der Waals surface area contributed by atoms with Crippen LogP contribution in [0.4, 0.5) is 14.5 Å². The van der Waals surface area contributed by atoms with Crippen LogP contribution >= 0.6 is 34.9 Å². The molecule has 3 N–H and O–H groups in total. The Bertz CT molecular complexity index is 1450. The van der Waals surface area contributed by atoms with Crippen molar-refractivity contribution in [3.05, 3.63) is 74.8 Å². The molecule has 172 valence electrons. The lowest BCUT2D eigenvalue weighted by molar-refractivity contribution is 0.0595. The van der Waals surface area contributed by atoms with Gasteiger partial charge in [0.15, 0.2) is 0 Å². The number of aromatic nitrogens is 2. The molecule has 12 heteroatoms. The van der Waals surface area contributed by atoms with Crippen molar-refractivity contribution >= 4 is 56.5 Å². The van der Waals surface area contributed by atoms with E-state index in [1.54, 1.807) is 16.8 Å². The molecule has 1 amide bonds. The van der Waals surface area contributed by atoms with Crippen LogP contribution in [0, 0.1) is 13.8 Å². The normalized spacial score (nSPS) is 12.3. The highest BCUT2D eigenvalue weighted by Gasteiger charge is 2.53. The number of benzene rings is 2. The Hall–Kier alpha value is -2.43. The molecule has 0 aliphatic rings. The Morgan fingerprint density at radius 1 is 1.18 bits per heavy atom. The highest BCUT2D eigenvalue weighted by Crippen LogP contribution is 2.62. The molecule has 7 nitrogen and oxygen atoms in total. The molecule has 2 aromatic heterocycles. The number of halogens is 3. The largest absolute Gasteiger partial charge is 0.400 e. The minimum Gasteiger partial charge on any atom is -0.320 e. The molecule has 0 fully saturated rings. The van der Waals surface area contributed by atoms with E-state index >= 15 is 0 Å². The zero-order valence-corrected chi connectivity index (χ0v) is 20.5. The lowest BCUT2D eigenvalue weighted by Gasteiger charge is -2.16. The van der Waals surface area contributed by atoms with Gasteiger partial charge < -0.3 is 15.1 Å². The van der Waals surface area contributed by atoms with E-state index in [1.807, 2.05) is 32.0 Å². The summed E-state index contributed by atoms with van der Waals surface area (Å²) in [4.78, 5) is 30.3. The predicted molar refractivity (Wildman–Crippen MR) is 126 cm³/mol. The van der Waals surface area contributed by atoms with Gasteiger partial charge in [-0.15, -0.1) is 11.3 Å². The lowest BCUT2D eigenvalue weighted by atomic mass is 10.1. The number of thiophene rings is 1. The van der Waals surface area contributed by atoms with Crippen molar-refractivity contribution in [2.75, 3.05) is 5.32 Å². The van der Waals surface area contributed by atoms with Gasteiger partial charge in [-0.05, 0) is 66.2 Å². The summed E-state index contributed by atoms with van der Waals surface area (Å²) in [6.45, 7) is 3.76. The van der Waals surface area contributed by atoms with E-state index in [0.29, 0.717) is 27.4 Å². The summed E-state index contributed by atoms with van der Waals surface area (Å²) in [6, 6.07) is 13.4. The Kier molecular flexibility index (Phi) is 6.05. The Morgan fingerprint density at radius 2 is 1.88 bits per heavy atom. The van der Waals surface area contributed by atoms with Crippen LogP contribution in [0.5, 0.6) is 0 Å². The quantitative estimate of drug-likeness (QED) is 0.264. The molecule has 2 heterocycles. The molecule has 0 spiro atoms. The van der Waals surface area contributed by atoms with Gasteiger partial charge in [0.05, 0.1) is 17.1 Å². The molecular formula is C21H17BrF2N3O4PS. The van der Waals surface area contributed by atoms with Crippen LogP contribution in [0.3, 0.4) is 0 Å². The van der Waals surface area contributed by atoms with Crippen LogP contribution in [0.25, 0.3) is 15.8 Å². The Labute approximate surface area is 199 Å². The van der Waals surface area contributed by atoms with Crippen molar-refractivity contribution in [3.63, 3.8) is 0 Å². The average Bonchev–Trinajstić information content (AvgIpc) is 3.26. The number of amides is 1. The minimum absolute atomic E-state index is 0.159. The smallest absolute Gasteiger partial charge is 0.320 e. The number of para-hydroxylation sites is 2. The second-order valence-electron chi connectivity index (χ2n) is 7.35. The molecule has 0 saturated carbocycles. The third-order valence-corrected chi connectivity index (χ3v) is 8.35. The number of nitrogens with one attached hydrogen (secondary N) is 1. The van der Waals surface area contributed by atoms with E-state index in [2.05, 4.69) is 26.3 Å². The molecule has 0 radical (unpaired) electrons. The molecule has 0 unspecified atom stereocenters. The Balaban J connectivity index is 1.70. The number of aryl methyl sites for hydroxylation is 2. The van der Waals surface area contributed by atoms with Crippen molar-refractivity contribution in [1.29, 1.82) is 0 Å². The van der Waals surface area contributed by atoms with E-state index in [1.165, 1.54) is 18.2 Å². The predicted octanol–water partition coefficient (Wildman–Crippen LogP) is 5.95. The number of alkyl halides is 2. The molecule has 0 aliphatic carbocycles. The van der Waals surface area contributed by atoms with Crippen molar-refractivity contribution in [2.45, 2.75) is 19.5 Å². The van der Waals surface area contributed by atoms with Crippen molar-refractivity contribution in [1.82, 2.24) is 9.78 Å². The second kappa shape index (κ2) is 8.41. The number of nitrogens with zero attached hydrogens (tertiary/aromatic N) is 2. The van der Waals surface area contributed by atoms with Gasteiger partial charge in [-0.25, -0.2) is 4.68 Å². The summed E-state index contributed by atoms with van der Waals surface area (Å²) >= 11 is 3.58. The number of anilines is 1. The van der Waals surface area contributed by atoms with Crippen molar-refractivity contribution < 1.29 is 27.9 Å². The van der Waals surface area contributed by atoms with E-state index in [0.717, 1.165) is 11.4 Å². The van der Waals surface area contributed by atoms with Gasteiger partial charge in [-0.3, -0.25) is 9.36 Å². The molecule has 0 aliphatic heterocycles. The van der Waals surface area contributed by atoms with Crippen LogP contribution in [0.2, 0.25) is 0 Å². The first-order valence-corrected chi connectivity index (χ1v) is 12.7. The summed E-state index contributed by atoms with van der Waals surface area (Å²) in [5.74, 6) is -0.479. The maximum atomic E-state index is 14.3. The maximum Gasteiger partial charge on any atom is 0.400 e. The lowest BCUT2D eigenvalue weighted by Crippen LogP contribution is -2.14.